The molecule has 1 amide bonds. The maximum absolute atomic E-state index is 11.3. The van der Waals surface area contributed by atoms with Crippen LogP contribution in [0, 0.1) is 0 Å². The Hall–Kier alpha value is -2.56. The lowest BCUT2D eigenvalue weighted by molar-refractivity contribution is 0.106. The van der Waals surface area contributed by atoms with Crippen molar-refractivity contribution in [3.63, 3.8) is 0 Å². The van der Waals surface area contributed by atoms with E-state index in [1.54, 1.807) is 12.3 Å². The summed E-state index contributed by atoms with van der Waals surface area (Å²) in [7, 11) is 0. The molecule has 1 aliphatic rings. The molecule has 1 aliphatic heterocycles. The van der Waals surface area contributed by atoms with Crippen LogP contribution in [0.15, 0.2) is 48.7 Å². The molecule has 5 nitrogen and oxygen atoms in total. The molecular weight excluding hydrogens is 280 g/mol. The van der Waals surface area contributed by atoms with Gasteiger partial charge in [0.15, 0.2) is 0 Å². The Balaban J connectivity index is 1.74. The molecule has 0 spiro atoms. The molecule has 3 rings (SSSR count). The van der Waals surface area contributed by atoms with Crippen molar-refractivity contribution in [3.05, 3.63) is 54.2 Å². The highest BCUT2D eigenvalue weighted by molar-refractivity contribution is 5.66. The van der Waals surface area contributed by atoms with Gasteiger partial charge in [0.2, 0.25) is 5.88 Å². The molecule has 0 aliphatic carbocycles. The second-order valence-corrected chi connectivity index (χ2v) is 5.33. The molecule has 1 saturated heterocycles. The molecule has 2 aromatic rings. The van der Waals surface area contributed by atoms with E-state index in [2.05, 4.69) is 4.98 Å². The number of carbonyl (C=O) groups is 1. The third-order valence-electron chi connectivity index (χ3n) is 3.87. The minimum Gasteiger partial charge on any atom is -0.465 e. The van der Waals surface area contributed by atoms with Gasteiger partial charge < -0.3 is 14.7 Å². The van der Waals surface area contributed by atoms with Crippen molar-refractivity contribution < 1.29 is 14.6 Å². The molecule has 0 saturated carbocycles. The maximum Gasteiger partial charge on any atom is 0.407 e. The van der Waals surface area contributed by atoms with Gasteiger partial charge in [0.1, 0.15) is 5.75 Å². The lowest BCUT2D eigenvalue weighted by atomic mass is 9.95. The minimum atomic E-state index is -0.849. The van der Waals surface area contributed by atoms with Gasteiger partial charge in [0.05, 0.1) is 6.04 Å². The molecule has 1 unspecified atom stereocenters. The Morgan fingerprint density at radius 1 is 1.18 bits per heavy atom. The zero-order chi connectivity index (χ0) is 15.4. The van der Waals surface area contributed by atoms with Crippen molar-refractivity contribution in [1.82, 2.24) is 9.88 Å². The van der Waals surface area contributed by atoms with Crippen LogP contribution in [-0.2, 0) is 0 Å². The first-order chi connectivity index (χ1) is 10.7. The normalized spacial score (nSPS) is 18.0. The number of likely N-dealkylation sites (tertiary alicyclic amines) is 1. The maximum atomic E-state index is 11.3. The Kier molecular flexibility index (Phi) is 4.23. The largest absolute Gasteiger partial charge is 0.465 e. The van der Waals surface area contributed by atoms with Crippen LogP contribution in [0.1, 0.15) is 30.9 Å². The zero-order valence-electron chi connectivity index (χ0n) is 12.2. The van der Waals surface area contributed by atoms with E-state index in [1.165, 1.54) is 4.90 Å². The van der Waals surface area contributed by atoms with Crippen LogP contribution in [0.2, 0.25) is 0 Å². The standard InChI is InChI=1S/C17H18N2O3/c20-17(21)19-12-4-2-5-15(19)13-7-9-14(10-8-13)22-16-6-1-3-11-18-16/h1,3,6-11,15H,2,4-5,12H2,(H,20,21). The van der Waals surface area contributed by atoms with Crippen molar-refractivity contribution in [1.29, 1.82) is 0 Å². The number of piperidine rings is 1. The molecule has 114 valence electrons. The van der Waals surface area contributed by atoms with Gasteiger partial charge in [-0.05, 0) is 43.0 Å². The summed E-state index contributed by atoms with van der Waals surface area (Å²) >= 11 is 0. The van der Waals surface area contributed by atoms with E-state index in [-0.39, 0.29) is 6.04 Å². The highest BCUT2D eigenvalue weighted by Crippen LogP contribution is 2.32. The van der Waals surface area contributed by atoms with Gasteiger partial charge in [-0.1, -0.05) is 18.2 Å². The number of carboxylic acid groups (broad SMARTS) is 1. The molecule has 1 atom stereocenters. The minimum absolute atomic E-state index is 0.0600. The molecule has 1 aromatic carbocycles. The fourth-order valence-electron chi connectivity index (χ4n) is 2.79. The van der Waals surface area contributed by atoms with Crippen molar-refractivity contribution in [2.45, 2.75) is 25.3 Å². The number of hydrogen-bond donors (Lipinski definition) is 1. The Morgan fingerprint density at radius 2 is 2.00 bits per heavy atom. The molecule has 1 fully saturated rings. The number of hydrogen-bond acceptors (Lipinski definition) is 3. The van der Waals surface area contributed by atoms with Gasteiger partial charge in [-0.3, -0.25) is 0 Å². The molecule has 5 heteroatoms. The predicted molar refractivity (Wildman–Crippen MR) is 82.1 cm³/mol. The number of amides is 1. The monoisotopic (exact) mass is 298 g/mol. The quantitative estimate of drug-likeness (QED) is 0.927. The average Bonchev–Trinajstić information content (AvgIpc) is 2.56. The molecule has 2 heterocycles. The predicted octanol–water partition coefficient (Wildman–Crippen LogP) is 4.08. The summed E-state index contributed by atoms with van der Waals surface area (Å²) in [6.07, 6.45) is 3.69. The van der Waals surface area contributed by atoms with Gasteiger partial charge >= 0.3 is 6.09 Å². The first kappa shape index (κ1) is 14.4. The summed E-state index contributed by atoms with van der Waals surface area (Å²) in [5.74, 6) is 1.24. The zero-order valence-corrected chi connectivity index (χ0v) is 12.2. The Labute approximate surface area is 129 Å². The van der Waals surface area contributed by atoms with E-state index >= 15 is 0 Å². The number of rotatable bonds is 3. The highest BCUT2D eigenvalue weighted by Gasteiger charge is 2.27. The molecule has 22 heavy (non-hydrogen) atoms. The second-order valence-electron chi connectivity index (χ2n) is 5.33. The third kappa shape index (κ3) is 3.19. The Morgan fingerprint density at radius 3 is 2.68 bits per heavy atom. The van der Waals surface area contributed by atoms with E-state index in [4.69, 9.17) is 4.74 Å². The smallest absolute Gasteiger partial charge is 0.407 e. The van der Waals surface area contributed by atoms with Crippen LogP contribution in [0.4, 0.5) is 4.79 Å². The van der Waals surface area contributed by atoms with Crippen molar-refractivity contribution >= 4 is 6.09 Å². The lowest BCUT2D eigenvalue weighted by Gasteiger charge is -2.33. The lowest BCUT2D eigenvalue weighted by Crippen LogP contribution is -2.37. The fourth-order valence-corrected chi connectivity index (χ4v) is 2.79. The van der Waals surface area contributed by atoms with E-state index < -0.39 is 6.09 Å². The summed E-state index contributed by atoms with van der Waals surface area (Å²) in [4.78, 5) is 17.0. The van der Waals surface area contributed by atoms with Crippen LogP contribution in [0.3, 0.4) is 0 Å². The van der Waals surface area contributed by atoms with Crippen LogP contribution >= 0.6 is 0 Å². The molecule has 0 radical (unpaired) electrons. The molecule has 0 bridgehead atoms. The van der Waals surface area contributed by atoms with Crippen molar-refractivity contribution in [2.24, 2.45) is 0 Å². The summed E-state index contributed by atoms with van der Waals surface area (Å²) in [5.41, 5.74) is 1.01. The third-order valence-corrected chi connectivity index (χ3v) is 3.87. The summed E-state index contributed by atoms with van der Waals surface area (Å²) in [6.45, 7) is 0.603. The molecular formula is C17H18N2O3. The number of aromatic nitrogens is 1. The van der Waals surface area contributed by atoms with E-state index in [1.807, 2.05) is 36.4 Å². The summed E-state index contributed by atoms with van der Waals surface area (Å²) in [6, 6.07) is 13.0. The van der Waals surface area contributed by atoms with Crippen molar-refractivity contribution in [3.8, 4) is 11.6 Å². The van der Waals surface area contributed by atoms with Crippen LogP contribution in [-0.4, -0.2) is 27.6 Å². The van der Waals surface area contributed by atoms with E-state index in [0.717, 1.165) is 24.8 Å². The van der Waals surface area contributed by atoms with Crippen LogP contribution < -0.4 is 4.74 Å². The van der Waals surface area contributed by atoms with E-state index in [9.17, 15) is 9.90 Å². The van der Waals surface area contributed by atoms with Crippen LogP contribution in [0.5, 0.6) is 11.6 Å². The number of ether oxygens (including phenoxy) is 1. The van der Waals surface area contributed by atoms with Gasteiger partial charge in [-0.15, -0.1) is 0 Å². The van der Waals surface area contributed by atoms with E-state index in [0.29, 0.717) is 18.2 Å². The summed E-state index contributed by atoms with van der Waals surface area (Å²) < 4.78 is 5.65. The van der Waals surface area contributed by atoms with Crippen LogP contribution in [0.25, 0.3) is 0 Å². The van der Waals surface area contributed by atoms with Gasteiger partial charge in [0.25, 0.3) is 0 Å². The summed E-state index contributed by atoms with van der Waals surface area (Å²) in [5, 5.41) is 9.31. The van der Waals surface area contributed by atoms with Gasteiger partial charge in [-0.2, -0.15) is 0 Å². The molecule has 1 N–H and O–H groups in total. The Bertz CT molecular complexity index is 628. The number of benzene rings is 1. The first-order valence-corrected chi connectivity index (χ1v) is 7.42. The number of pyridine rings is 1. The second kappa shape index (κ2) is 6.47. The molecule has 1 aromatic heterocycles. The number of nitrogens with zero attached hydrogens (tertiary/aromatic N) is 2. The first-order valence-electron chi connectivity index (χ1n) is 7.42. The van der Waals surface area contributed by atoms with Gasteiger partial charge in [-0.25, -0.2) is 9.78 Å². The fraction of sp³-hybridized carbons (Fsp3) is 0.294. The van der Waals surface area contributed by atoms with Crippen molar-refractivity contribution in [2.75, 3.05) is 6.54 Å². The topological polar surface area (TPSA) is 62.7 Å². The van der Waals surface area contributed by atoms with Gasteiger partial charge in [0, 0.05) is 18.8 Å². The SMILES string of the molecule is O=C(O)N1CCCCC1c1ccc(Oc2ccccn2)cc1. The average molecular weight is 298 g/mol. The highest BCUT2D eigenvalue weighted by atomic mass is 16.5.